The Hall–Kier alpha value is -0.780. The highest BCUT2D eigenvalue weighted by Crippen LogP contribution is 2.29. The number of hydrogen-bond acceptors (Lipinski definition) is 4. The molecule has 1 aromatic carbocycles. The molecule has 0 saturated carbocycles. The predicted molar refractivity (Wildman–Crippen MR) is 66.1 cm³/mol. The molecule has 0 fully saturated rings. The van der Waals surface area contributed by atoms with Gasteiger partial charge in [0.2, 0.25) is 0 Å². The van der Waals surface area contributed by atoms with Crippen molar-refractivity contribution in [3.05, 3.63) is 22.7 Å². The number of likely N-dealkylation sites (N-methyl/N-ethyl adjacent to an activating group) is 1. The van der Waals surface area contributed by atoms with Gasteiger partial charge in [-0.05, 0) is 41.2 Å². The first-order valence-electron chi connectivity index (χ1n) is 4.96. The molecule has 5 heteroatoms. The summed E-state index contributed by atoms with van der Waals surface area (Å²) >= 11 is 3.37. The molecule has 0 aliphatic carbocycles. The Labute approximate surface area is 104 Å². The molecular formula is C11H16BrNO3. The summed E-state index contributed by atoms with van der Waals surface area (Å²) in [6, 6.07) is 5.43. The molecule has 1 unspecified atom stereocenters. The van der Waals surface area contributed by atoms with E-state index in [1.807, 2.05) is 12.1 Å². The minimum Gasteiger partial charge on any atom is -0.497 e. The summed E-state index contributed by atoms with van der Waals surface area (Å²) < 4.78 is 11.3. The van der Waals surface area contributed by atoms with E-state index >= 15 is 0 Å². The SMILES string of the molecule is CNCC(O)COc1ccc(OC)cc1Br. The first-order valence-corrected chi connectivity index (χ1v) is 5.75. The highest BCUT2D eigenvalue weighted by molar-refractivity contribution is 9.10. The maximum Gasteiger partial charge on any atom is 0.133 e. The number of benzene rings is 1. The second-order valence-electron chi connectivity index (χ2n) is 3.32. The molecule has 4 nitrogen and oxygen atoms in total. The second kappa shape index (κ2) is 6.73. The van der Waals surface area contributed by atoms with Gasteiger partial charge in [0, 0.05) is 6.54 Å². The molecular weight excluding hydrogens is 274 g/mol. The molecule has 0 amide bonds. The Morgan fingerprint density at radius 3 is 2.81 bits per heavy atom. The average Bonchev–Trinajstić information content (AvgIpc) is 2.27. The molecule has 0 radical (unpaired) electrons. The summed E-state index contributed by atoms with van der Waals surface area (Å²) in [5.41, 5.74) is 0. The van der Waals surface area contributed by atoms with Crippen molar-refractivity contribution in [1.29, 1.82) is 0 Å². The second-order valence-corrected chi connectivity index (χ2v) is 4.17. The molecule has 0 spiro atoms. The minimum absolute atomic E-state index is 0.256. The van der Waals surface area contributed by atoms with Crippen LogP contribution < -0.4 is 14.8 Å². The summed E-state index contributed by atoms with van der Waals surface area (Å²) in [6.45, 7) is 0.763. The largest absolute Gasteiger partial charge is 0.497 e. The molecule has 1 atom stereocenters. The van der Waals surface area contributed by atoms with Gasteiger partial charge in [-0.25, -0.2) is 0 Å². The minimum atomic E-state index is -0.515. The number of rotatable bonds is 6. The van der Waals surface area contributed by atoms with Crippen LogP contribution in [-0.2, 0) is 0 Å². The van der Waals surface area contributed by atoms with E-state index in [4.69, 9.17) is 9.47 Å². The molecule has 0 aliphatic rings. The van der Waals surface area contributed by atoms with Crippen molar-refractivity contribution in [2.75, 3.05) is 27.3 Å². The number of halogens is 1. The van der Waals surface area contributed by atoms with Gasteiger partial charge in [-0.2, -0.15) is 0 Å². The molecule has 0 aliphatic heterocycles. The van der Waals surface area contributed by atoms with E-state index in [1.54, 1.807) is 20.2 Å². The number of ether oxygens (including phenoxy) is 2. The van der Waals surface area contributed by atoms with Gasteiger partial charge in [0.05, 0.1) is 11.6 Å². The van der Waals surface area contributed by atoms with Gasteiger partial charge in [-0.1, -0.05) is 0 Å². The number of aliphatic hydroxyl groups excluding tert-OH is 1. The standard InChI is InChI=1S/C11H16BrNO3/c1-13-6-8(14)7-16-11-4-3-9(15-2)5-10(11)12/h3-5,8,13-14H,6-7H2,1-2H3. The monoisotopic (exact) mass is 289 g/mol. The zero-order valence-corrected chi connectivity index (χ0v) is 11.0. The van der Waals surface area contributed by atoms with Gasteiger partial charge in [0.1, 0.15) is 24.2 Å². The summed E-state index contributed by atoms with van der Waals surface area (Å²) in [4.78, 5) is 0. The van der Waals surface area contributed by atoms with Crippen LogP contribution in [-0.4, -0.2) is 38.5 Å². The van der Waals surface area contributed by atoms with Crippen LogP contribution in [0.1, 0.15) is 0 Å². The topological polar surface area (TPSA) is 50.7 Å². The lowest BCUT2D eigenvalue weighted by atomic mass is 10.3. The average molecular weight is 290 g/mol. The number of methoxy groups -OCH3 is 1. The molecule has 0 saturated heterocycles. The third-order valence-electron chi connectivity index (χ3n) is 2.01. The quantitative estimate of drug-likeness (QED) is 0.832. The Bertz CT molecular complexity index is 333. The maximum absolute atomic E-state index is 9.47. The fraction of sp³-hybridized carbons (Fsp3) is 0.455. The van der Waals surface area contributed by atoms with Crippen LogP contribution in [0.2, 0.25) is 0 Å². The van der Waals surface area contributed by atoms with Crippen molar-refractivity contribution in [3.63, 3.8) is 0 Å². The normalized spacial score (nSPS) is 12.2. The van der Waals surface area contributed by atoms with Crippen molar-refractivity contribution in [1.82, 2.24) is 5.32 Å². The fourth-order valence-electron chi connectivity index (χ4n) is 1.21. The molecule has 0 aromatic heterocycles. The third-order valence-corrected chi connectivity index (χ3v) is 2.63. The molecule has 16 heavy (non-hydrogen) atoms. The maximum atomic E-state index is 9.47. The van der Waals surface area contributed by atoms with Crippen molar-refractivity contribution in [2.45, 2.75) is 6.10 Å². The van der Waals surface area contributed by atoms with Crippen LogP contribution in [0, 0.1) is 0 Å². The number of nitrogens with one attached hydrogen (secondary N) is 1. The molecule has 2 N–H and O–H groups in total. The molecule has 1 rings (SSSR count). The van der Waals surface area contributed by atoms with Gasteiger partial charge in [0.25, 0.3) is 0 Å². The van der Waals surface area contributed by atoms with Gasteiger partial charge < -0.3 is 19.9 Å². The molecule has 90 valence electrons. The first-order chi connectivity index (χ1) is 7.67. The van der Waals surface area contributed by atoms with Crippen molar-refractivity contribution in [3.8, 4) is 11.5 Å². The van der Waals surface area contributed by atoms with Gasteiger partial charge in [0.15, 0.2) is 0 Å². The van der Waals surface area contributed by atoms with Gasteiger partial charge in [-0.3, -0.25) is 0 Å². The highest BCUT2D eigenvalue weighted by atomic mass is 79.9. The molecule has 0 heterocycles. The fourth-order valence-corrected chi connectivity index (χ4v) is 1.68. The molecule has 0 bridgehead atoms. The van der Waals surface area contributed by atoms with Crippen LogP contribution in [0.3, 0.4) is 0 Å². The van der Waals surface area contributed by atoms with Crippen LogP contribution in [0.15, 0.2) is 22.7 Å². The van der Waals surface area contributed by atoms with E-state index in [1.165, 1.54) is 0 Å². The Kier molecular flexibility index (Phi) is 5.59. The van der Waals surface area contributed by atoms with E-state index in [0.717, 1.165) is 10.2 Å². The van der Waals surface area contributed by atoms with Gasteiger partial charge in [-0.15, -0.1) is 0 Å². The van der Waals surface area contributed by atoms with Crippen LogP contribution in [0.5, 0.6) is 11.5 Å². The lowest BCUT2D eigenvalue weighted by Gasteiger charge is -2.13. The van der Waals surface area contributed by atoms with E-state index in [0.29, 0.717) is 12.3 Å². The summed E-state index contributed by atoms with van der Waals surface area (Å²) in [6.07, 6.45) is -0.515. The van der Waals surface area contributed by atoms with Crippen LogP contribution in [0.4, 0.5) is 0 Å². The zero-order valence-electron chi connectivity index (χ0n) is 9.37. The lowest BCUT2D eigenvalue weighted by molar-refractivity contribution is 0.108. The molecule has 1 aromatic rings. The summed E-state index contributed by atoms with van der Waals surface area (Å²) in [5.74, 6) is 1.45. The highest BCUT2D eigenvalue weighted by Gasteiger charge is 2.07. The van der Waals surface area contributed by atoms with Crippen LogP contribution >= 0.6 is 15.9 Å². The van der Waals surface area contributed by atoms with Crippen molar-refractivity contribution in [2.24, 2.45) is 0 Å². The first kappa shape index (κ1) is 13.3. The van der Waals surface area contributed by atoms with Crippen molar-refractivity contribution >= 4 is 15.9 Å². The van der Waals surface area contributed by atoms with E-state index in [9.17, 15) is 5.11 Å². The third kappa shape index (κ3) is 4.00. The zero-order chi connectivity index (χ0) is 12.0. The van der Waals surface area contributed by atoms with E-state index in [2.05, 4.69) is 21.2 Å². The van der Waals surface area contributed by atoms with E-state index < -0.39 is 6.10 Å². The number of aliphatic hydroxyl groups is 1. The smallest absolute Gasteiger partial charge is 0.133 e. The van der Waals surface area contributed by atoms with Gasteiger partial charge >= 0.3 is 0 Å². The Balaban J connectivity index is 2.54. The van der Waals surface area contributed by atoms with Crippen LogP contribution in [0.25, 0.3) is 0 Å². The predicted octanol–water partition coefficient (Wildman–Crippen LogP) is 1.42. The lowest BCUT2D eigenvalue weighted by Crippen LogP contribution is -2.29. The van der Waals surface area contributed by atoms with Crippen molar-refractivity contribution < 1.29 is 14.6 Å². The summed E-state index contributed by atoms with van der Waals surface area (Å²) in [5, 5.41) is 12.3. The number of hydrogen-bond donors (Lipinski definition) is 2. The Morgan fingerprint density at radius 2 is 2.25 bits per heavy atom. The van der Waals surface area contributed by atoms with E-state index in [-0.39, 0.29) is 6.61 Å². The summed E-state index contributed by atoms with van der Waals surface area (Å²) in [7, 11) is 3.39. The Morgan fingerprint density at radius 1 is 1.50 bits per heavy atom.